The molecule has 0 atom stereocenters. The first-order valence-electron chi connectivity index (χ1n) is 3.99. The smallest absolute Gasteiger partial charge is 0.376 e. The zero-order chi connectivity index (χ0) is 12.5. The van der Waals surface area contributed by atoms with E-state index in [-0.39, 0.29) is 12.3 Å². The van der Waals surface area contributed by atoms with E-state index >= 15 is 0 Å². The van der Waals surface area contributed by atoms with Crippen LogP contribution >= 0.6 is 0 Å². The van der Waals surface area contributed by atoms with Gasteiger partial charge in [-0.15, -0.1) is 4.68 Å². The molecule has 1 aromatic heterocycles. The minimum atomic E-state index is -1.02. The normalized spacial score (nSPS) is 10.1. The van der Waals surface area contributed by atoms with Crippen LogP contribution in [0.4, 0.5) is 17.3 Å². The quantitative estimate of drug-likeness (QED) is 0.558. The van der Waals surface area contributed by atoms with Crippen molar-refractivity contribution in [2.24, 2.45) is 0 Å². The van der Waals surface area contributed by atoms with Crippen molar-refractivity contribution < 1.29 is 14.6 Å². The molecule has 0 aromatic carbocycles. The van der Waals surface area contributed by atoms with Gasteiger partial charge in [0.2, 0.25) is 5.82 Å². The van der Waals surface area contributed by atoms with Crippen molar-refractivity contribution >= 4 is 23.1 Å². The van der Waals surface area contributed by atoms with Crippen LogP contribution in [0, 0.1) is 20.2 Å². The molecule has 0 amide bonds. The molecule has 0 bridgehead atoms. The van der Waals surface area contributed by atoms with Crippen molar-refractivity contribution in [2.75, 3.05) is 5.73 Å². The second kappa shape index (κ2) is 3.92. The topological polar surface area (TPSA) is 147 Å². The Morgan fingerprint density at radius 2 is 2.00 bits per heavy atom. The van der Waals surface area contributed by atoms with Gasteiger partial charge >= 0.3 is 11.5 Å². The molecule has 2 N–H and O–H groups in total. The van der Waals surface area contributed by atoms with Gasteiger partial charge in [-0.3, -0.25) is 14.9 Å². The zero-order valence-corrected chi connectivity index (χ0v) is 8.11. The van der Waals surface area contributed by atoms with Crippen molar-refractivity contribution in [3.05, 3.63) is 20.2 Å². The molecule has 10 nitrogen and oxygen atoms in total. The maximum absolute atomic E-state index is 10.8. The van der Waals surface area contributed by atoms with Gasteiger partial charge in [-0.1, -0.05) is 0 Å². The van der Waals surface area contributed by atoms with E-state index in [4.69, 9.17) is 5.73 Å². The highest BCUT2D eigenvalue weighted by atomic mass is 16.6. The number of anilines is 1. The van der Waals surface area contributed by atoms with Crippen LogP contribution in [0.5, 0.6) is 0 Å². The molecule has 0 aliphatic rings. The largest absolute Gasteiger partial charge is 0.470 e. The number of rotatable bonds is 4. The van der Waals surface area contributed by atoms with Crippen LogP contribution in [-0.2, 0) is 11.3 Å². The number of nitrogen functional groups attached to an aromatic ring is 1. The van der Waals surface area contributed by atoms with Gasteiger partial charge in [-0.05, 0) is 11.8 Å². The first kappa shape index (κ1) is 11.6. The number of carbonyl (C=O) groups is 1. The number of ketones is 1. The van der Waals surface area contributed by atoms with E-state index in [1.165, 1.54) is 6.92 Å². The maximum Gasteiger partial charge on any atom is 0.470 e. The molecule has 0 aliphatic heterocycles. The number of carbonyl (C=O) groups excluding carboxylic acids is 1. The summed E-state index contributed by atoms with van der Waals surface area (Å²) in [5.74, 6) is -1.85. The van der Waals surface area contributed by atoms with Crippen LogP contribution in [0.15, 0.2) is 0 Å². The Hall–Kier alpha value is -2.52. The number of hydrogen-bond donors (Lipinski definition) is 1. The molecule has 86 valence electrons. The van der Waals surface area contributed by atoms with Gasteiger partial charge in [0.1, 0.15) is 6.54 Å². The summed E-state index contributed by atoms with van der Waals surface area (Å²) >= 11 is 0. The zero-order valence-electron chi connectivity index (χ0n) is 8.11. The minimum absolute atomic E-state index is 0.347. The standard InChI is InChI=1S/C6H7N5O5/c1-3(12)2-9-5(7)4(10(13)14)6(8-9)11(15)16/h2,7H2,1H3. The minimum Gasteiger partial charge on any atom is -0.376 e. The fourth-order valence-electron chi connectivity index (χ4n) is 1.08. The maximum atomic E-state index is 10.8. The molecule has 0 fully saturated rings. The summed E-state index contributed by atoms with van der Waals surface area (Å²) in [5.41, 5.74) is 4.40. The summed E-state index contributed by atoms with van der Waals surface area (Å²) in [4.78, 5) is 29.7. The highest BCUT2D eigenvalue weighted by molar-refractivity contribution is 5.76. The van der Waals surface area contributed by atoms with Crippen LogP contribution in [0.1, 0.15) is 6.92 Å². The molecule has 0 unspecified atom stereocenters. The third-order valence-corrected chi connectivity index (χ3v) is 1.68. The molecule has 0 saturated carbocycles. The Balaban J connectivity index is 3.35. The van der Waals surface area contributed by atoms with E-state index in [1.54, 1.807) is 0 Å². The summed E-state index contributed by atoms with van der Waals surface area (Å²) in [7, 11) is 0. The lowest BCUT2D eigenvalue weighted by Gasteiger charge is -1.92. The second-order valence-corrected chi connectivity index (χ2v) is 2.93. The van der Waals surface area contributed by atoms with Gasteiger partial charge in [0.25, 0.3) is 0 Å². The lowest BCUT2D eigenvalue weighted by atomic mass is 10.4. The number of Topliss-reactive ketones (excluding diaryl/α,β-unsaturated/α-hetero) is 1. The predicted octanol–water partition coefficient (Wildman–Crippen LogP) is -0.129. The van der Waals surface area contributed by atoms with Crippen LogP contribution in [0.25, 0.3) is 0 Å². The van der Waals surface area contributed by atoms with Crippen LogP contribution in [0.3, 0.4) is 0 Å². The van der Waals surface area contributed by atoms with Crippen molar-refractivity contribution in [3.8, 4) is 0 Å². The van der Waals surface area contributed by atoms with Crippen LogP contribution in [0.2, 0.25) is 0 Å². The Bertz CT molecular complexity index is 478. The summed E-state index contributed by atoms with van der Waals surface area (Å²) in [6.45, 7) is 0.860. The molecular weight excluding hydrogens is 222 g/mol. The molecule has 0 radical (unpaired) electrons. The Labute approximate surface area is 87.9 Å². The number of nitro groups is 2. The number of aromatic nitrogens is 2. The van der Waals surface area contributed by atoms with E-state index in [0.29, 0.717) is 0 Å². The third kappa shape index (κ3) is 1.94. The fourth-order valence-corrected chi connectivity index (χ4v) is 1.08. The molecular formula is C6H7N5O5. The molecule has 16 heavy (non-hydrogen) atoms. The molecule has 0 aliphatic carbocycles. The highest BCUT2D eigenvalue weighted by Crippen LogP contribution is 2.31. The van der Waals surface area contributed by atoms with Crippen molar-refractivity contribution in [3.63, 3.8) is 0 Å². The van der Waals surface area contributed by atoms with Gasteiger partial charge in [0, 0.05) is 0 Å². The Morgan fingerprint density at radius 1 is 1.44 bits per heavy atom. The highest BCUT2D eigenvalue weighted by Gasteiger charge is 2.36. The first-order valence-corrected chi connectivity index (χ1v) is 3.99. The van der Waals surface area contributed by atoms with E-state index in [1.807, 2.05) is 0 Å². The van der Waals surface area contributed by atoms with E-state index in [9.17, 15) is 25.0 Å². The average Bonchev–Trinajstić information content (AvgIpc) is 2.43. The van der Waals surface area contributed by atoms with Gasteiger partial charge in [0.05, 0.1) is 10.0 Å². The molecule has 0 spiro atoms. The Kier molecular flexibility index (Phi) is 2.83. The number of hydrogen-bond acceptors (Lipinski definition) is 7. The molecule has 1 heterocycles. The monoisotopic (exact) mass is 229 g/mol. The van der Waals surface area contributed by atoms with E-state index < -0.39 is 27.2 Å². The van der Waals surface area contributed by atoms with Gasteiger partial charge in [-0.25, -0.2) is 0 Å². The summed E-state index contributed by atoms with van der Waals surface area (Å²) < 4.78 is 0.735. The summed E-state index contributed by atoms with van der Waals surface area (Å²) in [5, 5.41) is 24.3. The first-order chi connectivity index (χ1) is 7.34. The van der Waals surface area contributed by atoms with Crippen LogP contribution in [-0.4, -0.2) is 25.4 Å². The lowest BCUT2D eigenvalue weighted by molar-refractivity contribution is -0.424. The van der Waals surface area contributed by atoms with Crippen molar-refractivity contribution in [2.45, 2.75) is 13.5 Å². The summed E-state index contributed by atoms with van der Waals surface area (Å²) in [6.07, 6.45) is 0. The third-order valence-electron chi connectivity index (χ3n) is 1.68. The average molecular weight is 229 g/mol. The van der Waals surface area contributed by atoms with Crippen molar-refractivity contribution in [1.82, 2.24) is 9.78 Å². The van der Waals surface area contributed by atoms with E-state index in [2.05, 4.69) is 5.10 Å². The molecule has 0 saturated heterocycles. The van der Waals surface area contributed by atoms with Gasteiger partial charge in [0.15, 0.2) is 5.78 Å². The molecule has 10 heteroatoms. The number of nitrogens with two attached hydrogens (primary N) is 1. The number of nitrogens with zero attached hydrogens (tertiary/aromatic N) is 4. The summed E-state index contributed by atoms with van der Waals surface area (Å²) in [6, 6.07) is 0. The van der Waals surface area contributed by atoms with Crippen LogP contribution < -0.4 is 5.73 Å². The van der Waals surface area contributed by atoms with Gasteiger partial charge < -0.3 is 15.8 Å². The molecule has 1 rings (SSSR count). The second-order valence-electron chi connectivity index (χ2n) is 2.93. The van der Waals surface area contributed by atoms with Gasteiger partial charge in [-0.2, -0.15) is 0 Å². The Morgan fingerprint density at radius 3 is 2.31 bits per heavy atom. The van der Waals surface area contributed by atoms with Crippen molar-refractivity contribution in [1.29, 1.82) is 0 Å². The van der Waals surface area contributed by atoms with E-state index in [0.717, 1.165) is 4.68 Å². The lowest BCUT2D eigenvalue weighted by Crippen LogP contribution is -2.11. The predicted molar refractivity (Wildman–Crippen MR) is 50.6 cm³/mol. The fraction of sp³-hybridized carbons (Fsp3) is 0.333. The SMILES string of the molecule is CC(=O)Cn1nc([N+](=O)[O-])c([N+](=O)[O-])c1N. The molecule has 1 aromatic rings.